The summed E-state index contributed by atoms with van der Waals surface area (Å²) < 4.78 is 5.66. The van der Waals surface area contributed by atoms with Crippen LogP contribution in [0.1, 0.15) is 23.2 Å². The molecule has 0 atom stereocenters. The Balaban J connectivity index is 1.26. The van der Waals surface area contributed by atoms with Crippen LogP contribution < -0.4 is 20.9 Å². The Labute approximate surface area is 185 Å². The fourth-order valence-corrected chi connectivity index (χ4v) is 3.12. The van der Waals surface area contributed by atoms with Crippen LogP contribution in [0.4, 0.5) is 5.69 Å². The van der Waals surface area contributed by atoms with Gasteiger partial charge >= 0.3 is 0 Å². The molecule has 0 bridgehead atoms. The van der Waals surface area contributed by atoms with Gasteiger partial charge in [-0.15, -0.1) is 0 Å². The summed E-state index contributed by atoms with van der Waals surface area (Å²) in [5.74, 6) is -0.278. The summed E-state index contributed by atoms with van der Waals surface area (Å²) in [5, 5.41) is 2.81. The summed E-state index contributed by atoms with van der Waals surface area (Å²) in [4.78, 5) is 36.2. The number of carbonyl (C=O) groups is 3. The van der Waals surface area contributed by atoms with E-state index in [0.717, 1.165) is 24.0 Å². The first-order chi connectivity index (χ1) is 15.6. The van der Waals surface area contributed by atoms with Gasteiger partial charge in [-0.2, -0.15) is 0 Å². The second kappa shape index (κ2) is 9.78. The molecule has 1 aliphatic carbocycles. The van der Waals surface area contributed by atoms with Gasteiger partial charge in [-0.1, -0.05) is 48.5 Å². The van der Waals surface area contributed by atoms with Crippen molar-refractivity contribution in [3.8, 4) is 16.9 Å². The molecule has 3 aromatic carbocycles. The predicted molar refractivity (Wildman–Crippen MR) is 121 cm³/mol. The molecular weight excluding hydrogens is 406 g/mol. The second-order valence-corrected chi connectivity index (χ2v) is 7.49. The monoisotopic (exact) mass is 429 g/mol. The number of nitrogens with one attached hydrogen (secondary N) is 3. The first-order valence-electron chi connectivity index (χ1n) is 10.4. The van der Waals surface area contributed by atoms with Gasteiger partial charge in [-0.05, 0) is 48.7 Å². The van der Waals surface area contributed by atoms with E-state index in [1.807, 2.05) is 48.5 Å². The van der Waals surface area contributed by atoms with Gasteiger partial charge in [0.15, 0.2) is 6.61 Å². The molecule has 3 N–H and O–H groups in total. The molecule has 0 aromatic heterocycles. The molecule has 1 aliphatic rings. The van der Waals surface area contributed by atoms with E-state index in [-0.39, 0.29) is 18.4 Å². The highest BCUT2D eigenvalue weighted by Gasteiger charge is 2.29. The standard InChI is InChI=1S/C25H23N3O4/c29-23(16-32-22-9-5-4-8-21(22)17-6-2-1-3-7-17)27-28-25(31)19-12-14-20(15-13-19)26-24(30)18-10-11-18/h1-9,12-15,18H,10-11,16H2,(H,26,30)(H,27,29)(H,28,31). The van der Waals surface area contributed by atoms with Crippen LogP contribution in [0.3, 0.4) is 0 Å². The molecule has 1 saturated carbocycles. The normalized spacial score (nSPS) is 12.5. The number of para-hydroxylation sites is 1. The zero-order valence-corrected chi connectivity index (χ0v) is 17.3. The number of benzene rings is 3. The molecule has 7 heteroatoms. The SMILES string of the molecule is O=C(COc1ccccc1-c1ccccc1)NNC(=O)c1ccc(NC(=O)C2CC2)cc1. The van der Waals surface area contributed by atoms with Gasteiger partial charge in [0, 0.05) is 22.7 Å². The van der Waals surface area contributed by atoms with Gasteiger partial charge in [0.05, 0.1) is 0 Å². The third-order valence-electron chi connectivity index (χ3n) is 5.01. The highest BCUT2D eigenvalue weighted by molar-refractivity contribution is 5.97. The summed E-state index contributed by atoms with van der Waals surface area (Å²) in [5.41, 5.74) is 7.55. The van der Waals surface area contributed by atoms with Crippen LogP contribution >= 0.6 is 0 Å². The molecule has 1 fully saturated rings. The third-order valence-corrected chi connectivity index (χ3v) is 5.01. The van der Waals surface area contributed by atoms with Gasteiger partial charge in [-0.3, -0.25) is 25.2 Å². The zero-order valence-electron chi connectivity index (χ0n) is 17.3. The molecule has 0 spiro atoms. The number of hydrogen-bond donors (Lipinski definition) is 3. The van der Waals surface area contributed by atoms with Crippen LogP contribution in [-0.2, 0) is 9.59 Å². The van der Waals surface area contributed by atoms with Crippen molar-refractivity contribution in [2.75, 3.05) is 11.9 Å². The molecule has 0 unspecified atom stereocenters. The lowest BCUT2D eigenvalue weighted by atomic mass is 10.1. The number of rotatable bonds is 7. The molecule has 162 valence electrons. The predicted octanol–water partition coefficient (Wildman–Crippen LogP) is 3.54. The maximum atomic E-state index is 12.3. The van der Waals surface area contributed by atoms with E-state index < -0.39 is 11.8 Å². The largest absolute Gasteiger partial charge is 0.483 e. The number of amides is 3. The summed E-state index contributed by atoms with van der Waals surface area (Å²) in [6, 6.07) is 23.6. The third kappa shape index (κ3) is 5.51. The Bertz CT molecular complexity index is 1110. The highest BCUT2D eigenvalue weighted by Crippen LogP contribution is 2.30. The summed E-state index contributed by atoms with van der Waals surface area (Å²) >= 11 is 0. The quantitative estimate of drug-likeness (QED) is 0.501. The Morgan fingerprint density at radius 3 is 2.22 bits per heavy atom. The zero-order chi connectivity index (χ0) is 22.3. The second-order valence-electron chi connectivity index (χ2n) is 7.49. The van der Waals surface area contributed by atoms with Gasteiger partial charge in [0.25, 0.3) is 11.8 Å². The molecule has 0 radical (unpaired) electrons. The Morgan fingerprint density at radius 2 is 1.50 bits per heavy atom. The molecule has 0 heterocycles. The summed E-state index contributed by atoms with van der Waals surface area (Å²) in [7, 11) is 0. The van der Waals surface area contributed by atoms with Crippen LogP contribution in [0, 0.1) is 5.92 Å². The molecule has 3 aromatic rings. The van der Waals surface area contributed by atoms with Gasteiger partial charge < -0.3 is 10.1 Å². The van der Waals surface area contributed by atoms with Crippen molar-refractivity contribution in [3.05, 3.63) is 84.4 Å². The van der Waals surface area contributed by atoms with E-state index in [2.05, 4.69) is 16.2 Å². The van der Waals surface area contributed by atoms with Crippen molar-refractivity contribution in [2.24, 2.45) is 5.92 Å². The van der Waals surface area contributed by atoms with Crippen molar-refractivity contribution in [2.45, 2.75) is 12.8 Å². The summed E-state index contributed by atoms with van der Waals surface area (Å²) in [6.45, 7) is -0.254. The average Bonchev–Trinajstić information content (AvgIpc) is 3.68. The molecule has 4 rings (SSSR count). The lowest BCUT2D eigenvalue weighted by molar-refractivity contribution is -0.123. The number of hydrogen-bond acceptors (Lipinski definition) is 4. The number of carbonyl (C=O) groups excluding carboxylic acids is 3. The summed E-state index contributed by atoms with van der Waals surface area (Å²) in [6.07, 6.45) is 1.85. The first-order valence-corrected chi connectivity index (χ1v) is 10.4. The van der Waals surface area contributed by atoms with Crippen LogP contribution in [0.2, 0.25) is 0 Å². The minimum atomic E-state index is -0.491. The Hall–Kier alpha value is -4.13. The molecule has 0 saturated heterocycles. The first kappa shape index (κ1) is 21.1. The molecule has 3 amide bonds. The van der Waals surface area contributed by atoms with Crippen molar-refractivity contribution in [1.82, 2.24) is 10.9 Å². The highest BCUT2D eigenvalue weighted by atomic mass is 16.5. The number of ether oxygens (including phenoxy) is 1. The van der Waals surface area contributed by atoms with Crippen LogP contribution in [0.15, 0.2) is 78.9 Å². The van der Waals surface area contributed by atoms with E-state index in [4.69, 9.17) is 4.74 Å². The van der Waals surface area contributed by atoms with E-state index in [9.17, 15) is 14.4 Å². The lowest BCUT2D eigenvalue weighted by Crippen LogP contribution is -2.43. The van der Waals surface area contributed by atoms with Gasteiger partial charge in [0.1, 0.15) is 5.75 Å². The van der Waals surface area contributed by atoms with E-state index in [0.29, 0.717) is 17.0 Å². The number of hydrazine groups is 1. The van der Waals surface area contributed by atoms with Crippen LogP contribution in [0.25, 0.3) is 11.1 Å². The minimum absolute atomic E-state index is 0.00306. The van der Waals surface area contributed by atoms with Crippen molar-refractivity contribution in [3.63, 3.8) is 0 Å². The molecular formula is C25H23N3O4. The van der Waals surface area contributed by atoms with Crippen molar-refractivity contribution in [1.29, 1.82) is 0 Å². The maximum absolute atomic E-state index is 12.3. The lowest BCUT2D eigenvalue weighted by Gasteiger charge is -2.12. The van der Waals surface area contributed by atoms with Crippen LogP contribution in [-0.4, -0.2) is 24.3 Å². The van der Waals surface area contributed by atoms with Gasteiger partial charge in [0.2, 0.25) is 5.91 Å². The Kier molecular flexibility index (Phi) is 6.46. The van der Waals surface area contributed by atoms with E-state index in [1.54, 1.807) is 30.3 Å². The fraction of sp³-hybridized carbons (Fsp3) is 0.160. The van der Waals surface area contributed by atoms with Crippen molar-refractivity contribution < 1.29 is 19.1 Å². The smallest absolute Gasteiger partial charge is 0.276 e. The molecule has 7 nitrogen and oxygen atoms in total. The Morgan fingerprint density at radius 1 is 0.812 bits per heavy atom. The molecule has 32 heavy (non-hydrogen) atoms. The van der Waals surface area contributed by atoms with E-state index >= 15 is 0 Å². The maximum Gasteiger partial charge on any atom is 0.276 e. The number of anilines is 1. The topological polar surface area (TPSA) is 96.5 Å². The van der Waals surface area contributed by atoms with Gasteiger partial charge in [-0.25, -0.2) is 0 Å². The van der Waals surface area contributed by atoms with Crippen molar-refractivity contribution >= 4 is 23.4 Å². The molecule has 0 aliphatic heterocycles. The fourth-order valence-electron chi connectivity index (χ4n) is 3.12. The average molecular weight is 429 g/mol. The minimum Gasteiger partial charge on any atom is -0.483 e. The van der Waals surface area contributed by atoms with E-state index in [1.165, 1.54) is 0 Å². The van der Waals surface area contributed by atoms with Crippen LogP contribution in [0.5, 0.6) is 5.75 Å².